The number of aromatic nitrogens is 3. The second-order valence-electron chi connectivity index (χ2n) is 5.17. The van der Waals surface area contributed by atoms with E-state index in [1.54, 1.807) is 30.9 Å². The van der Waals surface area contributed by atoms with Crippen molar-refractivity contribution in [3.8, 4) is 11.5 Å². The summed E-state index contributed by atoms with van der Waals surface area (Å²) in [6.45, 7) is 0.529. The van der Waals surface area contributed by atoms with E-state index in [-0.39, 0.29) is 5.91 Å². The molecule has 0 spiro atoms. The molecule has 1 N–H and O–H groups in total. The molecule has 0 aliphatic carbocycles. The molecule has 0 saturated carbocycles. The van der Waals surface area contributed by atoms with E-state index in [1.807, 2.05) is 17.5 Å². The number of hydrogen-bond acceptors (Lipinski definition) is 6. The zero-order chi connectivity index (χ0) is 17.6. The van der Waals surface area contributed by atoms with E-state index in [1.165, 1.54) is 23.7 Å². The van der Waals surface area contributed by atoms with Crippen LogP contribution in [0.5, 0.6) is 11.5 Å². The highest BCUT2D eigenvalue weighted by Gasteiger charge is 2.06. The van der Waals surface area contributed by atoms with Crippen molar-refractivity contribution in [3.63, 3.8) is 0 Å². The predicted octanol–water partition coefficient (Wildman–Crippen LogP) is 2.18. The maximum atomic E-state index is 11.9. The minimum atomic E-state index is -0.153. The average molecular weight is 358 g/mol. The second kappa shape index (κ2) is 7.80. The van der Waals surface area contributed by atoms with Gasteiger partial charge >= 0.3 is 0 Å². The lowest BCUT2D eigenvalue weighted by atomic mass is 10.2. The van der Waals surface area contributed by atoms with Crippen LogP contribution in [0.3, 0.4) is 0 Å². The van der Waals surface area contributed by atoms with Crippen molar-refractivity contribution < 1.29 is 14.3 Å². The van der Waals surface area contributed by atoms with E-state index in [9.17, 15) is 4.79 Å². The molecule has 2 heterocycles. The van der Waals surface area contributed by atoms with Crippen LogP contribution in [0.2, 0.25) is 0 Å². The highest BCUT2D eigenvalue weighted by atomic mass is 32.1. The summed E-state index contributed by atoms with van der Waals surface area (Å²) in [6, 6.07) is 5.48. The van der Waals surface area contributed by atoms with Gasteiger partial charge in [-0.3, -0.25) is 4.79 Å². The molecule has 0 unspecified atom stereocenters. The standard InChI is InChI=1S/C17H18N4O3S/c1-23-14-5-3-12(9-15(14)24-2)4-6-16(22)18-8-7-13-10-25-17-19-11-20-21(13)17/h3-6,9-11H,7-8H2,1-2H3,(H,18,22). The number of thiazole rings is 1. The molecule has 25 heavy (non-hydrogen) atoms. The summed E-state index contributed by atoms with van der Waals surface area (Å²) < 4.78 is 12.2. The number of methoxy groups -OCH3 is 2. The molecule has 1 amide bonds. The quantitative estimate of drug-likeness (QED) is 0.655. The molecule has 0 radical (unpaired) electrons. The molecule has 1 aromatic carbocycles. The van der Waals surface area contributed by atoms with Crippen LogP contribution < -0.4 is 14.8 Å². The van der Waals surface area contributed by atoms with Crippen molar-refractivity contribution >= 4 is 28.3 Å². The van der Waals surface area contributed by atoms with Gasteiger partial charge in [-0.1, -0.05) is 6.07 Å². The zero-order valence-corrected chi connectivity index (χ0v) is 14.7. The highest BCUT2D eigenvalue weighted by molar-refractivity contribution is 7.15. The fourth-order valence-electron chi connectivity index (χ4n) is 2.34. The van der Waals surface area contributed by atoms with Gasteiger partial charge in [0.25, 0.3) is 0 Å². The summed E-state index contributed by atoms with van der Waals surface area (Å²) >= 11 is 1.53. The summed E-state index contributed by atoms with van der Waals surface area (Å²) in [6.07, 6.45) is 5.45. The number of ether oxygens (including phenoxy) is 2. The number of benzene rings is 1. The Morgan fingerprint density at radius 2 is 2.16 bits per heavy atom. The lowest BCUT2D eigenvalue weighted by Gasteiger charge is -2.07. The highest BCUT2D eigenvalue weighted by Crippen LogP contribution is 2.27. The molecule has 0 aliphatic rings. The van der Waals surface area contributed by atoms with Crippen LogP contribution in [0.4, 0.5) is 0 Å². The van der Waals surface area contributed by atoms with E-state index in [0.29, 0.717) is 24.5 Å². The third-order valence-corrected chi connectivity index (χ3v) is 4.48. The molecule has 3 aromatic rings. The van der Waals surface area contributed by atoms with Crippen LogP contribution in [0.1, 0.15) is 11.3 Å². The minimum Gasteiger partial charge on any atom is -0.493 e. The fourth-order valence-corrected chi connectivity index (χ4v) is 3.18. The Morgan fingerprint density at radius 3 is 2.96 bits per heavy atom. The number of nitrogens with one attached hydrogen (secondary N) is 1. The Balaban J connectivity index is 1.53. The SMILES string of the molecule is COc1ccc(C=CC(=O)NCCc2csc3ncnn23)cc1OC. The van der Waals surface area contributed by atoms with Gasteiger partial charge in [0.05, 0.1) is 19.9 Å². The lowest BCUT2D eigenvalue weighted by molar-refractivity contribution is -0.116. The topological polar surface area (TPSA) is 77.8 Å². The van der Waals surface area contributed by atoms with Crippen molar-refractivity contribution in [2.45, 2.75) is 6.42 Å². The van der Waals surface area contributed by atoms with Gasteiger partial charge in [0, 0.05) is 24.4 Å². The first-order valence-corrected chi connectivity index (χ1v) is 8.53. The fraction of sp³-hybridized carbons (Fsp3) is 0.235. The van der Waals surface area contributed by atoms with Gasteiger partial charge in [0.2, 0.25) is 10.9 Å². The molecule has 8 heteroatoms. The Labute approximate surface area is 148 Å². The predicted molar refractivity (Wildman–Crippen MR) is 96.2 cm³/mol. The molecule has 130 valence electrons. The van der Waals surface area contributed by atoms with Gasteiger partial charge in [0.15, 0.2) is 11.5 Å². The van der Waals surface area contributed by atoms with E-state index in [2.05, 4.69) is 15.4 Å². The van der Waals surface area contributed by atoms with E-state index >= 15 is 0 Å². The zero-order valence-electron chi connectivity index (χ0n) is 13.9. The van der Waals surface area contributed by atoms with Gasteiger partial charge in [-0.15, -0.1) is 11.3 Å². The number of amides is 1. The molecular weight excluding hydrogens is 340 g/mol. The summed E-state index contributed by atoms with van der Waals surface area (Å²) in [5, 5.41) is 9.01. The van der Waals surface area contributed by atoms with Crippen LogP contribution in [0.15, 0.2) is 36.0 Å². The van der Waals surface area contributed by atoms with Crippen molar-refractivity contribution in [1.82, 2.24) is 19.9 Å². The average Bonchev–Trinajstić information content (AvgIpc) is 3.24. The largest absolute Gasteiger partial charge is 0.493 e. The maximum absolute atomic E-state index is 11.9. The number of rotatable bonds is 7. The maximum Gasteiger partial charge on any atom is 0.244 e. The molecular formula is C17H18N4O3S. The van der Waals surface area contributed by atoms with Crippen molar-refractivity contribution in [2.24, 2.45) is 0 Å². The second-order valence-corrected chi connectivity index (χ2v) is 6.01. The van der Waals surface area contributed by atoms with Crippen LogP contribution in [0, 0.1) is 0 Å². The molecule has 0 bridgehead atoms. The Bertz CT molecular complexity index is 900. The Morgan fingerprint density at radius 1 is 1.32 bits per heavy atom. The molecule has 2 aromatic heterocycles. The van der Waals surface area contributed by atoms with Crippen molar-refractivity contribution in [2.75, 3.05) is 20.8 Å². The Kier molecular flexibility index (Phi) is 5.30. The van der Waals surface area contributed by atoms with E-state index < -0.39 is 0 Å². The third-order valence-electron chi connectivity index (χ3n) is 3.60. The number of fused-ring (bicyclic) bond motifs is 1. The van der Waals surface area contributed by atoms with Crippen LogP contribution in [0.25, 0.3) is 11.0 Å². The molecule has 0 aliphatic heterocycles. The van der Waals surface area contributed by atoms with E-state index in [4.69, 9.17) is 9.47 Å². The molecule has 0 saturated heterocycles. The number of nitrogens with zero attached hydrogens (tertiary/aromatic N) is 3. The Hall–Kier alpha value is -2.87. The van der Waals surface area contributed by atoms with Gasteiger partial charge in [0.1, 0.15) is 6.33 Å². The number of carbonyl (C=O) groups is 1. The van der Waals surface area contributed by atoms with E-state index in [0.717, 1.165) is 16.2 Å². The van der Waals surface area contributed by atoms with Crippen molar-refractivity contribution in [3.05, 3.63) is 47.2 Å². The van der Waals surface area contributed by atoms with Gasteiger partial charge in [-0.25, -0.2) is 9.50 Å². The number of hydrogen-bond donors (Lipinski definition) is 1. The van der Waals surface area contributed by atoms with Gasteiger partial charge in [-0.2, -0.15) is 5.10 Å². The summed E-state index contributed by atoms with van der Waals surface area (Å²) in [4.78, 5) is 16.9. The van der Waals surface area contributed by atoms with Crippen LogP contribution in [-0.2, 0) is 11.2 Å². The molecule has 7 nitrogen and oxygen atoms in total. The van der Waals surface area contributed by atoms with Crippen LogP contribution in [-0.4, -0.2) is 41.3 Å². The first-order chi connectivity index (χ1) is 12.2. The van der Waals surface area contributed by atoms with Gasteiger partial charge in [-0.05, 0) is 23.8 Å². The minimum absolute atomic E-state index is 0.153. The molecule has 3 rings (SSSR count). The van der Waals surface area contributed by atoms with Crippen molar-refractivity contribution in [1.29, 1.82) is 0 Å². The monoisotopic (exact) mass is 358 g/mol. The van der Waals surface area contributed by atoms with Crippen LogP contribution >= 0.6 is 11.3 Å². The molecule has 0 atom stereocenters. The summed E-state index contributed by atoms with van der Waals surface area (Å²) in [7, 11) is 3.16. The van der Waals surface area contributed by atoms with Gasteiger partial charge < -0.3 is 14.8 Å². The number of carbonyl (C=O) groups excluding carboxylic acids is 1. The third kappa shape index (κ3) is 3.97. The first-order valence-electron chi connectivity index (χ1n) is 7.65. The smallest absolute Gasteiger partial charge is 0.244 e. The molecule has 0 fully saturated rings. The lowest BCUT2D eigenvalue weighted by Crippen LogP contribution is -2.23. The normalized spacial score (nSPS) is 11.1. The first kappa shape index (κ1) is 17.0. The summed E-state index contributed by atoms with van der Waals surface area (Å²) in [5.74, 6) is 1.12. The summed E-state index contributed by atoms with van der Waals surface area (Å²) in [5.41, 5.74) is 1.89.